The van der Waals surface area contributed by atoms with Crippen LogP contribution in [0, 0.1) is 0 Å². The van der Waals surface area contributed by atoms with E-state index in [1.165, 1.54) is 4.68 Å². The fourth-order valence-electron chi connectivity index (χ4n) is 1.53. The lowest BCUT2D eigenvalue weighted by Gasteiger charge is -1.98. The molecule has 0 unspecified atom stereocenters. The predicted molar refractivity (Wildman–Crippen MR) is 71.3 cm³/mol. The van der Waals surface area contributed by atoms with Crippen LogP contribution in [-0.2, 0) is 6.42 Å². The van der Waals surface area contributed by atoms with Crippen LogP contribution in [0.5, 0.6) is 0 Å². The molecule has 5 nitrogen and oxygen atoms in total. The highest BCUT2D eigenvalue weighted by atomic mass is 35.5. The van der Waals surface area contributed by atoms with Gasteiger partial charge in [-0.05, 0) is 12.5 Å². The number of aromatic nitrogens is 3. The van der Waals surface area contributed by atoms with Crippen LogP contribution in [0.4, 0.5) is 0 Å². The van der Waals surface area contributed by atoms with Crippen LogP contribution < -0.4 is 5.69 Å². The Hall–Kier alpha value is -1.88. The third kappa shape index (κ3) is 2.68. The minimum Gasteiger partial charge on any atom is -0.244 e. The molecule has 0 bridgehead atoms. The quantitative estimate of drug-likeness (QED) is 0.859. The molecule has 0 atom stereocenters. The van der Waals surface area contributed by atoms with E-state index in [1.807, 2.05) is 25.1 Å². The summed E-state index contributed by atoms with van der Waals surface area (Å²) in [5.74, 6) is 0.616. The van der Waals surface area contributed by atoms with E-state index in [1.54, 1.807) is 12.3 Å². The molecule has 0 aliphatic rings. The molecule has 0 spiro atoms. The van der Waals surface area contributed by atoms with Gasteiger partial charge < -0.3 is 0 Å². The molecular formula is C12H13ClN4O. The zero-order chi connectivity index (χ0) is 13.0. The molecule has 0 aliphatic heterocycles. The van der Waals surface area contributed by atoms with E-state index in [2.05, 4.69) is 15.3 Å². The second-order valence-corrected chi connectivity index (χ2v) is 4.18. The fraction of sp³-hybridized carbons (Fsp3) is 0.250. The number of nitrogens with zero attached hydrogens (tertiary/aromatic N) is 3. The van der Waals surface area contributed by atoms with Crippen molar-refractivity contribution in [3.05, 3.63) is 51.2 Å². The first-order chi connectivity index (χ1) is 8.72. The maximum atomic E-state index is 11.5. The number of nitrogens with one attached hydrogen (secondary N) is 1. The molecule has 1 aromatic heterocycles. The topological polar surface area (TPSA) is 63.0 Å². The van der Waals surface area contributed by atoms with Crippen LogP contribution in [0.1, 0.15) is 24.7 Å². The van der Waals surface area contributed by atoms with Crippen molar-refractivity contribution in [1.29, 1.82) is 0 Å². The Morgan fingerprint density at radius 3 is 3.00 bits per heavy atom. The summed E-state index contributed by atoms with van der Waals surface area (Å²) in [5, 5.41) is 11.0. The molecule has 2 rings (SSSR count). The minimum absolute atomic E-state index is 0.346. The van der Waals surface area contributed by atoms with Gasteiger partial charge in [0, 0.05) is 17.0 Å². The van der Waals surface area contributed by atoms with Crippen molar-refractivity contribution in [2.45, 2.75) is 19.8 Å². The van der Waals surface area contributed by atoms with Crippen LogP contribution in [0.3, 0.4) is 0 Å². The Bertz CT molecular complexity index is 615. The average molecular weight is 265 g/mol. The average Bonchev–Trinajstić information content (AvgIpc) is 2.70. The van der Waals surface area contributed by atoms with E-state index < -0.39 is 0 Å². The first-order valence-electron chi connectivity index (χ1n) is 5.67. The van der Waals surface area contributed by atoms with Crippen molar-refractivity contribution in [3.63, 3.8) is 0 Å². The second kappa shape index (κ2) is 5.64. The zero-order valence-corrected chi connectivity index (χ0v) is 10.7. The smallest absolute Gasteiger partial charge is 0.244 e. The number of halogens is 1. The molecule has 0 radical (unpaired) electrons. The van der Waals surface area contributed by atoms with Crippen molar-refractivity contribution in [3.8, 4) is 0 Å². The summed E-state index contributed by atoms with van der Waals surface area (Å²) < 4.78 is 1.26. The van der Waals surface area contributed by atoms with Crippen molar-refractivity contribution in [2.24, 2.45) is 5.10 Å². The van der Waals surface area contributed by atoms with Gasteiger partial charge in [0.05, 0.1) is 6.21 Å². The number of rotatable bonds is 4. The summed E-state index contributed by atoms with van der Waals surface area (Å²) in [6, 6.07) is 7.30. The van der Waals surface area contributed by atoms with Gasteiger partial charge in [-0.1, -0.05) is 36.7 Å². The van der Waals surface area contributed by atoms with Gasteiger partial charge >= 0.3 is 5.69 Å². The molecule has 0 fully saturated rings. The number of hydrogen-bond acceptors (Lipinski definition) is 3. The molecule has 94 valence electrons. The standard InChI is InChI=1S/C12H13ClN4O/c1-2-5-11-15-16-12(18)17(11)14-8-9-6-3-4-7-10(9)13/h3-4,6-8H,2,5H2,1H3,(H,16,18)/b14-8+. The maximum Gasteiger partial charge on any atom is 0.364 e. The molecule has 1 aromatic carbocycles. The number of hydrogen-bond donors (Lipinski definition) is 1. The number of H-pyrrole nitrogens is 1. The lowest BCUT2D eigenvalue weighted by Crippen LogP contribution is -2.14. The predicted octanol–water partition coefficient (Wildman–Crippen LogP) is 2.06. The highest BCUT2D eigenvalue weighted by Crippen LogP contribution is 2.12. The molecule has 0 saturated heterocycles. The van der Waals surface area contributed by atoms with Gasteiger partial charge in [0.25, 0.3) is 0 Å². The summed E-state index contributed by atoms with van der Waals surface area (Å²) in [5.41, 5.74) is 0.413. The lowest BCUT2D eigenvalue weighted by molar-refractivity contribution is 0.730. The number of benzene rings is 1. The molecule has 0 aliphatic carbocycles. The van der Waals surface area contributed by atoms with Gasteiger partial charge in [0.1, 0.15) is 0 Å². The molecule has 0 amide bonds. The van der Waals surface area contributed by atoms with Gasteiger partial charge in [0.15, 0.2) is 5.82 Å². The van der Waals surface area contributed by atoms with E-state index in [4.69, 9.17) is 11.6 Å². The van der Waals surface area contributed by atoms with E-state index >= 15 is 0 Å². The second-order valence-electron chi connectivity index (χ2n) is 3.77. The van der Waals surface area contributed by atoms with Crippen molar-refractivity contribution < 1.29 is 0 Å². The highest BCUT2D eigenvalue weighted by Gasteiger charge is 2.05. The van der Waals surface area contributed by atoms with Crippen LogP contribution in [0.2, 0.25) is 5.02 Å². The first kappa shape index (κ1) is 12.6. The monoisotopic (exact) mass is 264 g/mol. The molecule has 18 heavy (non-hydrogen) atoms. The Kier molecular flexibility index (Phi) is 3.94. The third-order valence-corrected chi connectivity index (χ3v) is 2.75. The number of aromatic amines is 1. The lowest BCUT2D eigenvalue weighted by atomic mass is 10.2. The van der Waals surface area contributed by atoms with Crippen molar-refractivity contribution >= 4 is 17.8 Å². The molecule has 6 heteroatoms. The normalized spacial score (nSPS) is 11.2. The van der Waals surface area contributed by atoms with E-state index in [9.17, 15) is 4.79 Å². The number of aryl methyl sites for hydroxylation is 1. The van der Waals surface area contributed by atoms with E-state index in [0.29, 0.717) is 17.3 Å². The van der Waals surface area contributed by atoms with Gasteiger partial charge in [-0.3, -0.25) is 0 Å². The molecule has 1 N–H and O–H groups in total. The Balaban J connectivity index is 2.32. The Labute approximate surface area is 109 Å². The van der Waals surface area contributed by atoms with Crippen LogP contribution in [0.15, 0.2) is 34.2 Å². The largest absolute Gasteiger partial charge is 0.364 e. The van der Waals surface area contributed by atoms with Gasteiger partial charge in [-0.25, -0.2) is 9.89 Å². The summed E-state index contributed by atoms with van der Waals surface area (Å²) >= 11 is 6.00. The first-order valence-corrected chi connectivity index (χ1v) is 6.05. The fourth-order valence-corrected chi connectivity index (χ4v) is 1.71. The Morgan fingerprint density at radius 1 is 1.50 bits per heavy atom. The SMILES string of the molecule is CCCc1n[nH]c(=O)n1/N=C/c1ccccc1Cl. The Morgan fingerprint density at radius 2 is 2.28 bits per heavy atom. The van der Waals surface area contributed by atoms with Gasteiger partial charge in [-0.15, -0.1) is 0 Å². The highest BCUT2D eigenvalue weighted by molar-refractivity contribution is 6.33. The van der Waals surface area contributed by atoms with Crippen LogP contribution in [0.25, 0.3) is 0 Å². The van der Waals surface area contributed by atoms with Crippen molar-refractivity contribution in [2.75, 3.05) is 0 Å². The molecule has 1 heterocycles. The summed E-state index contributed by atoms with van der Waals surface area (Å²) in [7, 11) is 0. The zero-order valence-electron chi connectivity index (χ0n) is 9.93. The van der Waals surface area contributed by atoms with E-state index in [0.717, 1.165) is 12.0 Å². The van der Waals surface area contributed by atoms with E-state index in [-0.39, 0.29) is 5.69 Å². The van der Waals surface area contributed by atoms with Crippen molar-refractivity contribution in [1.82, 2.24) is 14.9 Å². The summed E-state index contributed by atoms with van der Waals surface area (Å²) in [6.45, 7) is 2.02. The molecule has 0 saturated carbocycles. The van der Waals surface area contributed by atoms with Gasteiger partial charge in [-0.2, -0.15) is 14.9 Å². The molecule has 2 aromatic rings. The van der Waals surface area contributed by atoms with Gasteiger partial charge in [0.2, 0.25) is 0 Å². The maximum absolute atomic E-state index is 11.5. The third-order valence-electron chi connectivity index (χ3n) is 2.41. The summed E-state index contributed by atoms with van der Waals surface area (Å²) in [6.07, 6.45) is 3.14. The minimum atomic E-state index is -0.346. The van der Waals surface area contributed by atoms with Crippen LogP contribution in [-0.4, -0.2) is 21.1 Å². The molecular weight excluding hydrogens is 252 g/mol. The van der Waals surface area contributed by atoms with Crippen LogP contribution >= 0.6 is 11.6 Å². The summed E-state index contributed by atoms with van der Waals surface area (Å²) in [4.78, 5) is 11.5.